The molecule has 0 saturated carbocycles. The van der Waals surface area contributed by atoms with Gasteiger partial charge in [-0.25, -0.2) is 0 Å². The number of hydrogen-bond donors (Lipinski definition) is 1. The molecular weight excluding hydrogens is 348 g/mol. The van der Waals surface area contributed by atoms with Crippen LogP contribution in [0.1, 0.15) is 16.1 Å². The van der Waals surface area contributed by atoms with E-state index in [4.69, 9.17) is 9.47 Å². The highest BCUT2D eigenvalue weighted by Crippen LogP contribution is 2.35. The van der Waals surface area contributed by atoms with Crippen molar-refractivity contribution >= 4 is 21.8 Å². The normalized spacial score (nSPS) is 10.1. The summed E-state index contributed by atoms with van der Waals surface area (Å²) >= 11 is 3.38. The van der Waals surface area contributed by atoms with Gasteiger partial charge in [-0.1, -0.05) is 6.07 Å². The van der Waals surface area contributed by atoms with E-state index in [9.17, 15) is 4.79 Å². The standard InChI is InChI=1S/C16H17BrN2O3/c1-21-13-9-11(10-14(22-2)15(13)17)16(20)19-8-6-12-5-3-4-7-18-12/h3-5,7,9-10H,6,8H2,1-2H3,(H,19,20). The Bertz CT molecular complexity index is 622. The minimum atomic E-state index is -0.181. The van der Waals surface area contributed by atoms with Crippen LogP contribution >= 0.6 is 15.9 Å². The fourth-order valence-corrected chi connectivity index (χ4v) is 2.51. The maximum atomic E-state index is 12.2. The second kappa shape index (κ2) is 7.79. The molecule has 1 N–H and O–H groups in total. The molecule has 22 heavy (non-hydrogen) atoms. The number of ether oxygens (including phenoxy) is 2. The quantitative estimate of drug-likeness (QED) is 0.855. The molecule has 1 aromatic carbocycles. The van der Waals surface area contributed by atoms with Crippen LogP contribution in [-0.2, 0) is 6.42 Å². The largest absolute Gasteiger partial charge is 0.495 e. The highest BCUT2D eigenvalue weighted by molar-refractivity contribution is 9.10. The number of aromatic nitrogens is 1. The van der Waals surface area contributed by atoms with Crippen molar-refractivity contribution in [1.29, 1.82) is 0 Å². The van der Waals surface area contributed by atoms with E-state index in [0.717, 1.165) is 5.69 Å². The van der Waals surface area contributed by atoms with E-state index in [-0.39, 0.29) is 5.91 Å². The Hall–Kier alpha value is -2.08. The SMILES string of the molecule is COc1cc(C(=O)NCCc2ccccn2)cc(OC)c1Br. The first-order chi connectivity index (χ1) is 10.7. The second-order valence-corrected chi connectivity index (χ2v) is 5.31. The van der Waals surface area contributed by atoms with E-state index >= 15 is 0 Å². The minimum absolute atomic E-state index is 0.181. The number of hydrogen-bond acceptors (Lipinski definition) is 4. The molecule has 0 aliphatic rings. The van der Waals surface area contributed by atoms with Crippen LogP contribution in [0.25, 0.3) is 0 Å². The third kappa shape index (κ3) is 3.98. The summed E-state index contributed by atoms with van der Waals surface area (Å²) in [5.74, 6) is 0.920. The predicted molar refractivity (Wildman–Crippen MR) is 87.5 cm³/mol. The first-order valence-corrected chi connectivity index (χ1v) is 7.54. The second-order valence-electron chi connectivity index (χ2n) is 4.52. The van der Waals surface area contributed by atoms with Crippen molar-refractivity contribution in [1.82, 2.24) is 10.3 Å². The zero-order valence-corrected chi connectivity index (χ0v) is 14.0. The zero-order chi connectivity index (χ0) is 15.9. The fraction of sp³-hybridized carbons (Fsp3) is 0.250. The molecule has 2 aromatic rings. The molecule has 0 fully saturated rings. The number of carbonyl (C=O) groups excluding carboxylic acids is 1. The fourth-order valence-electron chi connectivity index (χ4n) is 1.95. The summed E-state index contributed by atoms with van der Waals surface area (Å²) in [7, 11) is 3.09. The van der Waals surface area contributed by atoms with Gasteiger partial charge in [0.1, 0.15) is 16.0 Å². The van der Waals surface area contributed by atoms with E-state index < -0.39 is 0 Å². The van der Waals surface area contributed by atoms with Gasteiger partial charge in [0.05, 0.1) is 14.2 Å². The van der Waals surface area contributed by atoms with E-state index in [1.807, 2.05) is 18.2 Å². The smallest absolute Gasteiger partial charge is 0.251 e. The van der Waals surface area contributed by atoms with Crippen molar-refractivity contribution < 1.29 is 14.3 Å². The summed E-state index contributed by atoms with van der Waals surface area (Å²) < 4.78 is 11.2. The molecule has 0 saturated heterocycles. The molecule has 1 heterocycles. The van der Waals surface area contributed by atoms with Gasteiger partial charge >= 0.3 is 0 Å². The Morgan fingerprint density at radius 1 is 1.23 bits per heavy atom. The summed E-state index contributed by atoms with van der Waals surface area (Å²) in [6.45, 7) is 0.510. The average molecular weight is 365 g/mol. The molecular formula is C16H17BrN2O3. The summed E-state index contributed by atoms with van der Waals surface area (Å²) in [5.41, 5.74) is 1.42. The van der Waals surface area contributed by atoms with Gasteiger partial charge in [0, 0.05) is 30.4 Å². The van der Waals surface area contributed by atoms with Crippen molar-refractivity contribution in [2.45, 2.75) is 6.42 Å². The Kier molecular flexibility index (Phi) is 5.77. The number of halogens is 1. The number of rotatable bonds is 6. The van der Waals surface area contributed by atoms with E-state index in [1.165, 1.54) is 0 Å². The maximum absolute atomic E-state index is 12.2. The van der Waals surface area contributed by atoms with Crippen LogP contribution in [0.15, 0.2) is 41.0 Å². The van der Waals surface area contributed by atoms with Crippen molar-refractivity contribution in [3.63, 3.8) is 0 Å². The van der Waals surface area contributed by atoms with Gasteiger partial charge in [0.25, 0.3) is 5.91 Å². The Morgan fingerprint density at radius 2 is 1.91 bits per heavy atom. The van der Waals surface area contributed by atoms with Gasteiger partial charge in [-0.2, -0.15) is 0 Å². The maximum Gasteiger partial charge on any atom is 0.251 e. The van der Waals surface area contributed by atoms with E-state index in [1.54, 1.807) is 32.5 Å². The van der Waals surface area contributed by atoms with E-state index in [0.29, 0.717) is 34.5 Å². The molecule has 0 aliphatic carbocycles. The van der Waals surface area contributed by atoms with Crippen molar-refractivity contribution in [2.24, 2.45) is 0 Å². The molecule has 1 amide bonds. The third-order valence-electron chi connectivity index (χ3n) is 3.10. The lowest BCUT2D eigenvalue weighted by molar-refractivity contribution is 0.0953. The molecule has 1 aromatic heterocycles. The highest BCUT2D eigenvalue weighted by atomic mass is 79.9. The van der Waals surface area contributed by atoms with Crippen LogP contribution < -0.4 is 14.8 Å². The van der Waals surface area contributed by atoms with E-state index in [2.05, 4.69) is 26.2 Å². The van der Waals surface area contributed by atoms with Crippen LogP contribution in [0, 0.1) is 0 Å². The molecule has 6 heteroatoms. The molecule has 0 unspecified atom stereocenters. The van der Waals surface area contributed by atoms with Gasteiger partial charge in [-0.3, -0.25) is 9.78 Å². The van der Waals surface area contributed by atoms with Crippen LogP contribution in [-0.4, -0.2) is 31.7 Å². The van der Waals surface area contributed by atoms with Gasteiger partial charge in [0.15, 0.2) is 0 Å². The lowest BCUT2D eigenvalue weighted by atomic mass is 10.2. The number of pyridine rings is 1. The van der Waals surface area contributed by atoms with Gasteiger partial charge in [0.2, 0.25) is 0 Å². The summed E-state index contributed by atoms with van der Waals surface area (Å²) in [6.07, 6.45) is 2.42. The van der Waals surface area contributed by atoms with Crippen molar-refractivity contribution in [3.05, 3.63) is 52.3 Å². The topological polar surface area (TPSA) is 60.5 Å². The minimum Gasteiger partial charge on any atom is -0.495 e. The number of amides is 1. The van der Waals surface area contributed by atoms with Crippen LogP contribution in [0.4, 0.5) is 0 Å². The van der Waals surface area contributed by atoms with Crippen LogP contribution in [0.5, 0.6) is 11.5 Å². The molecule has 0 aliphatic heterocycles. The number of nitrogens with one attached hydrogen (secondary N) is 1. The Morgan fingerprint density at radius 3 is 2.45 bits per heavy atom. The summed E-state index contributed by atoms with van der Waals surface area (Å²) in [5, 5.41) is 2.86. The first kappa shape index (κ1) is 16.3. The molecule has 116 valence electrons. The lowest BCUT2D eigenvalue weighted by Crippen LogP contribution is -2.26. The number of nitrogens with zero attached hydrogens (tertiary/aromatic N) is 1. The third-order valence-corrected chi connectivity index (χ3v) is 3.88. The number of methoxy groups -OCH3 is 2. The predicted octanol–water partition coefficient (Wildman–Crippen LogP) is 2.83. The monoisotopic (exact) mass is 364 g/mol. The lowest BCUT2D eigenvalue weighted by Gasteiger charge is -2.11. The Labute approximate surface area is 137 Å². The Balaban J connectivity index is 2.03. The van der Waals surface area contributed by atoms with Crippen LogP contribution in [0.2, 0.25) is 0 Å². The van der Waals surface area contributed by atoms with Crippen molar-refractivity contribution in [3.8, 4) is 11.5 Å². The molecule has 0 spiro atoms. The molecule has 5 nitrogen and oxygen atoms in total. The first-order valence-electron chi connectivity index (χ1n) is 6.75. The van der Waals surface area contributed by atoms with Crippen molar-refractivity contribution in [2.75, 3.05) is 20.8 Å². The van der Waals surface area contributed by atoms with Gasteiger partial charge in [-0.05, 0) is 40.2 Å². The summed E-state index contributed by atoms with van der Waals surface area (Å²) in [6, 6.07) is 9.06. The highest BCUT2D eigenvalue weighted by Gasteiger charge is 2.14. The molecule has 0 bridgehead atoms. The average Bonchev–Trinajstić information content (AvgIpc) is 2.56. The number of carbonyl (C=O) groups is 1. The van der Waals surface area contributed by atoms with Gasteiger partial charge < -0.3 is 14.8 Å². The number of benzene rings is 1. The molecule has 0 radical (unpaired) electrons. The molecule has 0 atom stereocenters. The zero-order valence-electron chi connectivity index (χ0n) is 12.4. The van der Waals surface area contributed by atoms with Gasteiger partial charge in [-0.15, -0.1) is 0 Å². The molecule has 2 rings (SSSR count). The summed E-state index contributed by atoms with van der Waals surface area (Å²) in [4.78, 5) is 16.4. The van der Waals surface area contributed by atoms with Crippen LogP contribution in [0.3, 0.4) is 0 Å².